The Bertz CT molecular complexity index is 640. The Hall–Kier alpha value is -1.70. The van der Waals surface area contributed by atoms with Crippen LogP contribution in [0.3, 0.4) is 0 Å². The maximum absolute atomic E-state index is 12.2. The van der Waals surface area contributed by atoms with Crippen LogP contribution in [-0.4, -0.2) is 27.5 Å². The van der Waals surface area contributed by atoms with Gasteiger partial charge in [0, 0.05) is 11.8 Å². The van der Waals surface area contributed by atoms with Crippen molar-refractivity contribution >= 4 is 11.8 Å². The van der Waals surface area contributed by atoms with Gasteiger partial charge in [0.15, 0.2) is 11.8 Å². The number of aromatic nitrogens is 3. The molecule has 0 radical (unpaired) electrons. The number of alkyl halides is 3. The van der Waals surface area contributed by atoms with Crippen LogP contribution < -0.4 is 4.74 Å². The van der Waals surface area contributed by atoms with Crippen LogP contribution in [0.2, 0.25) is 0 Å². The number of hydrogen-bond donors (Lipinski definition) is 0. The molecule has 1 aliphatic rings. The van der Waals surface area contributed by atoms with Crippen LogP contribution in [-0.2, 0) is 5.75 Å². The Morgan fingerprint density at radius 1 is 1.32 bits per heavy atom. The van der Waals surface area contributed by atoms with Gasteiger partial charge in [-0.25, -0.2) is 0 Å². The highest BCUT2D eigenvalue weighted by atomic mass is 32.2. The Kier molecular flexibility index (Phi) is 4.28. The van der Waals surface area contributed by atoms with Gasteiger partial charge in [0.05, 0.1) is 0 Å². The van der Waals surface area contributed by atoms with E-state index in [0.717, 1.165) is 23.6 Å². The summed E-state index contributed by atoms with van der Waals surface area (Å²) in [5.41, 5.74) is 0.884. The first-order valence-corrected chi connectivity index (χ1v) is 7.80. The van der Waals surface area contributed by atoms with Crippen molar-refractivity contribution in [2.45, 2.75) is 36.0 Å². The van der Waals surface area contributed by atoms with Gasteiger partial charge < -0.3 is 9.30 Å². The number of thioether (sulfide) groups is 1. The first-order valence-electron chi connectivity index (χ1n) is 6.82. The quantitative estimate of drug-likeness (QED) is 0.755. The van der Waals surface area contributed by atoms with Crippen LogP contribution in [0.4, 0.5) is 13.2 Å². The molecule has 8 heteroatoms. The molecule has 0 spiro atoms. The highest BCUT2D eigenvalue weighted by Gasteiger charge is 2.28. The second-order valence-corrected chi connectivity index (χ2v) is 6.03. The fourth-order valence-corrected chi connectivity index (χ4v) is 2.90. The lowest BCUT2D eigenvalue weighted by molar-refractivity contribution is -0.153. The van der Waals surface area contributed by atoms with Gasteiger partial charge >= 0.3 is 6.18 Å². The first-order chi connectivity index (χ1) is 10.5. The highest BCUT2D eigenvalue weighted by Crippen LogP contribution is 2.37. The number of ether oxygens (including phenoxy) is 1. The topological polar surface area (TPSA) is 39.9 Å². The molecule has 4 nitrogen and oxygen atoms in total. The summed E-state index contributed by atoms with van der Waals surface area (Å²) in [6.45, 7) is -1.28. The van der Waals surface area contributed by atoms with E-state index in [2.05, 4.69) is 14.8 Å². The molecule has 1 aromatic carbocycles. The number of nitrogens with zero attached hydrogens (tertiary/aromatic N) is 3. The van der Waals surface area contributed by atoms with Gasteiger partial charge in [-0.3, -0.25) is 0 Å². The molecule has 1 saturated carbocycles. The predicted octanol–water partition coefficient (Wildman–Crippen LogP) is 3.85. The zero-order valence-corrected chi connectivity index (χ0v) is 12.4. The van der Waals surface area contributed by atoms with E-state index in [9.17, 15) is 13.2 Å². The van der Waals surface area contributed by atoms with Crippen molar-refractivity contribution in [1.29, 1.82) is 0 Å². The first kappa shape index (κ1) is 15.2. The lowest BCUT2D eigenvalue weighted by Crippen LogP contribution is -2.19. The van der Waals surface area contributed by atoms with Crippen LogP contribution in [0.5, 0.6) is 5.75 Å². The van der Waals surface area contributed by atoms with Crippen molar-refractivity contribution in [3.05, 3.63) is 36.2 Å². The minimum atomic E-state index is -4.33. The van der Waals surface area contributed by atoms with Crippen molar-refractivity contribution < 1.29 is 17.9 Å². The van der Waals surface area contributed by atoms with Gasteiger partial charge in [-0.15, -0.1) is 10.2 Å². The summed E-state index contributed by atoms with van der Waals surface area (Å²) in [5.74, 6) is 0.827. The monoisotopic (exact) mass is 329 g/mol. The lowest BCUT2D eigenvalue weighted by Gasteiger charge is -2.10. The van der Waals surface area contributed by atoms with E-state index in [1.54, 1.807) is 18.5 Å². The van der Waals surface area contributed by atoms with Crippen molar-refractivity contribution in [2.24, 2.45) is 0 Å². The number of halogens is 3. The third-order valence-electron chi connectivity index (χ3n) is 3.15. The second-order valence-electron chi connectivity index (χ2n) is 5.09. The van der Waals surface area contributed by atoms with Crippen LogP contribution in [0.25, 0.3) is 0 Å². The average molecular weight is 329 g/mol. The summed E-state index contributed by atoms with van der Waals surface area (Å²) >= 11 is 1.52. The molecule has 0 N–H and O–H groups in total. The molecular weight excluding hydrogens is 315 g/mol. The molecule has 0 unspecified atom stereocenters. The molecule has 22 heavy (non-hydrogen) atoms. The van der Waals surface area contributed by atoms with Crippen LogP contribution in [0.15, 0.2) is 35.7 Å². The molecule has 0 bridgehead atoms. The van der Waals surface area contributed by atoms with E-state index in [1.165, 1.54) is 17.8 Å². The largest absolute Gasteiger partial charge is 0.484 e. The van der Waals surface area contributed by atoms with E-state index in [0.29, 0.717) is 11.8 Å². The standard InChI is InChI=1S/C14H14F3N3OS/c15-14(16,17)8-21-12-3-1-2-10(6-12)7-22-13-19-18-9-20(13)11-4-5-11/h1-3,6,9,11H,4-5,7-8H2. The maximum atomic E-state index is 12.2. The number of rotatable bonds is 6. The van der Waals surface area contributed by atoms with E-state index in [4.69, 9.17) is 4.74 Å². The molecule has 1 fully saturated rings. The van der Waals surface area contributed by atoms with Gasteiger partial charge in [0.2, 0.25) is 0 Å². The molecule has 1 heterocycles. The summed E-state index contributed by atoms with van der Waals surface area (Å²) in [5, 5.41) is 8.83. The van der Waals surface area contributed by atoms with E-state index < -0.39 is 12.8 Å². The summed E-state index contributed by atoms with van der Waals surface area (Å²) in [7, 11) is 0. The zero-order chi connectivity index (χ0) is 15.6. The van der Waals surface area contributed by atoms with E-state index in [1.807, 2.05) is 6.07 Å². The van der Waals surface area contributed by atoms with Gasteiger partial charge in [-0.2, -0.15) is 13.2 Å². The molecule has 1 aromatic heterocycles. The summed E-state index contributed by atoms with van der Waals surface area (Å²) in [6.07, 6.45) is -0.312. The molecular formula is C14H14F3N3OS. The van der Waals surface area contributed by atoms with Crippen molar-refractivity contribution in [3.8, 4) is 5.75 Å². The van der Waals surface area contributed by atoms with Gasteiger partial charge in [0.25, 0.3) is 0 Å². The molecule has 1 aliphatic carbocycles. The third kappa shape index (κ3) is 4.16. The van der Waals surface area contributed by atoms with Gasteiger partial charge in [-0.05, 0) is 30.5 Å². The summed E-state index contributed by atoms with van der Waals surface area (Å²) < 4.78 is 43.3. The summed E-state index contributed by atoms with van der Waals surface area (Å²) in [6, 6.07) is 7.18. The van der Waals surface area contributed by atoms with Crippen LogP contribution in [0, 0.1) is 0 Å². The molecule has 3 rings (SSSR count). The van der Waals surface area contributed by atoms with Crippen molar-refractivity contribution in [3.63, 3.8) is 0 Å². The highest BCUT2D eigenvalue weighted by molar-refractivity contribution is 7.98. The minimum absolute atomic E-state index is 0.221. The fraction of sp³-hybridized carbons (Fsp3) is 0.429. The second kappa shape index (κ2) is 6.20. The summed E-state index contributed by atoms with van der Waals surface area (Å²) in [4.78, 5) is 0. The van der Waals surface area contributed by atoms with Crippen molar-refractivity contribution in [1.82, 2.24) is 14.8 Å². The van der Waals surface area contributed by atoms with E-state index >= 15 is 0 Å². The molecule has 0 aliphatic heterocycles. The molecule has 118 valence electrons. The zero-order valence-electron chi connectivity index (χ0n) is 11.6. The van der Waals surface area contributed by atoms with E-state index in [-0.39, 0.29) is 5.75 Å². The Morgan fingerprint density at radius 2 is 2.14 bits per heavy atom. The minimum Gasteiger partial charge on any atom is -0.484 e. The van der Waals surface area contributed by atoms with Gasteiger partial charge in [0.1, 0.15) is 12.1 Å². The van der Waals surface area contributed by atoms with Crippen LogP contribution in [0.1, 0.15) is 24.4 Å². The third-order valence-corrected chi connectivity index (χ3v) is 4.18. The molecule has 0 saturated heterocycles. The lowest BCUT2D eigenvalue weighted by atomic mass is 10.2. The van der Waals surface area contributed by atoms with Crippen LogP contribution >= 0.6 is 11.8 Å². The molecule has 0 atom stereocenters. The Labute approximate surface area is 129 Å². The predicted molar refractivity (Wildman–Crippen MR) is 75.8 cm³/mol. The van der Waals surface area contributed by atoms with Crippen molar-refractivity contribution in [2.75, 3.05) is 6.61 Å². The van der Waals surface area contributed by atoms with Gasteiger partial charge in [-0.1, -0.05) is 23.9 Å². The number of hydrogen-bond acceptors (Lipinski definition) is 4. The Balaban J connectivity index is 1.59. The molecule has 2 aromatic rings. The Morgan fingerprint density at radius 3 is 2.86 bits per heavy atom. The average Bonchev–Trinajstić information content (AvgIpc) is 3.21. The molecule has 0 amide bonds. The number of benzene rings is 1. The normalized spacial score (nSPS) is 15.0. The maximum Gasteiger partial charge on any atom is 0.422 e. The smallest absolute Gasteiger partial charge is 0.422 e. The fourth-order valence-electron chi connectivity index (χ4n) is 1.98. The SMILES string of the molecule is FC(F)(F)COc1cccc(CSc2nncn2C2CC2)c1.